The molecule has 0 fully saturated rings. The summed E-state index contributed by atoms with van der Waals surface area (Å²) < 4.78 is 0. The number of benzene rings is 1. The number of hydrogen-bond donors (Lipinski definition) is 1. The van der Waals surface area contributed by atoms with Crippen LogP contribution in [0.4, 0.5) is 0 Å². The first kappa shape index (κ1) is 16.5. The molecule has 19 heavy (non-hydrogen) atoms. The minimum Gasteiger partial charge on any atom is -0.329 e. The second-order valence-electron chi connectivity index (χ2n) is 5.24. The summed E-state index contributed by atoms with van der Waals surface area (Å²) in [5.41, 5.74) is 7.18. The zero-order valence-corrected chi connectivity index (χ0v) is 13.3. The minimum atomic E-state index is 0.280. The fourth-order valence-corrected chi connectivity index (χ4v) is 3.14. The van der Waals surface area contributed by atoms with E-state index in [0.717, 1.165) is 17.9 Å². The molecule has 0 aliphatic carbocycles. The lowest BCUT2D eigenvalue weighted by molar-refractivity contribution is 0.130. The number of rotatable bonds is 7. The van der Waals surface area contributed by atoms with Crippen LogP contribution in [0, 0.1) is 5.92 Å². The van der Waals surface area contributed by atoms with Crippen LogP contribution in [-0.2, 0) is 0 Å². The van der Waals surface area contributed by atoms with Crippen molar-refractivity contribution in [1.82, 2.24) is 4.90 Å². The maximum Gasteiger partial charge on any atom is 0.0453 e. The molecule has 0 saturated carbocycles. The summed E-state index contributed by atoms with van der Waals surface area (Å²) in [5.74, 6) is 0.639. The van der Waals surface area contributed by atoms with Gasteiger partial charge in [0.25, 0.3) is 0 Å². The fraction of sp³-hybridized carbons (Fsp3) is 0.625. The van der Waals surface area contributed by atoms with E-state index in [9.17, 15) is 0 Å². The van der Waals surface area contributed by atoms with Crippen molar-refractivity contribution in [2.24, 2.45) is 11.7 Å². The molecule has 0 bridgehead atoms. The molecule has 2 unspecified atom stereocenters. The van der Waals surface area contributed by atoms with Gasteiger partial charge in [0.2, 0.25) is 0 Å². The van der Waals surface area contributed by atoms with Crippen LogP contribution in [0.5, 0.6) is 0 Å². The van der Waals surface area contributed by atoms with Crippen LogP contribution in [0.1, 0.15) is 45.2 Å². The van der Waals surface area contributed by atoms with Crippen molar-refractivity contribution in [2.75, 3.05) is 13.6 Å². The molecule has 1 aromatic rings. The van der Waals surface area contributed by atoms with E-state index in [4.69, 9.17) is 17.3 Å². The van der Waals surface area contributed by atoms with E-state index in [-0.39, 0.29) is 6.04 Å². The molecule has 2 N–H and O–H groups in total. The Labute approximate surface area is 122 Å². The van der Waals surface area contributed by atoms with Gasteiger partial charge in [-0.1, -0.05) is 56.5 Å². The molecule has 2 atom stereocenters. The summed E-state index contributed by atoms with van der Waals surface area (Å²) >= 11 is 6.30. The standard InChI is InChI=1S/C16H27ClN2/c1-5-13(6-2)16(11-18)19(4)12(3)14-9-7-8-10-15(14)17/h7-10,12-13,16H,5-6,11,18H2,1-4H3. The SMILES string of the molecule is CCC(CC)C(CN)N(C)C(C)c1ccccc1Cl. The Morgan fingerprint density at radius 1 is 1.21 bits per heavy atom. The predicted octanol–water partition coefficient (Wildman–Crippen LogP) is 4.10. The average Bonchev–Trinajstić information content (AvgIpc) is 2.43. The van der Waals surface area contributed by atoms with Crippen LogP contribution in [0.25, 0.3) is 0 Å². The Kier molecular flexibility index (Phi) is 6.84. The molecule has 1 rings (SSSR count). The summed E-state index contributed by atoms with van der Waals surface area (Å²) in [6, 6.07) is 8.75. The highest BCUT2D eigenvalue weighted by Crippen LogP contribution is 2.30. The second-order valence-corrected chi connectivity index (χ2v) is 5.65. The predicted molar refractivity (Wildman–Crippen MR) is 84.5 cm³/mol. The molecule has 0 spiro atoms. The smallest absolute Gasteiger partial charge is 0.0453 e. The average molecular weight is 283 g/mol. The van der Waals surface area contributed by atoms with Gasteiger partial charge in [0.1, 0.15) is 0 Å². The molecule has 0 aliphatic rings. The zero-order valence-electron chi connectivity index (χ0n) is 12.6. The van der Waals surface area contributed by atoms with E-state index in [2.05, 4.69) is 38.8 Å². The van der Waals surface area contributed by atoms with Gasteiger partial charge in [-0.05, 0) is 31.5 Å². The number of nitrogens with two attached hydrogens (primary N) is 1. The Balaban J connectivity index is 2.91. The van der Waals surface area contributed by atoms with Gasteiger partial charge in [0, 0.05) is 23.7 Å². The first-order valence-corrected chi connectivity index (χ1v) is 7.60. The van der Waals surface area contributed by atoms with Crippen molar-refractivity contribution in [3.05, 3.63) is 34.9 Å². The van der Waals surface area contributed by atoms with Gasteiger partial charge in [0.05, 0.1) is 0 Å². The van der Waals surface area contributed by atoms with Gasteiger partial charge in [-0.25, -0.2) is 0 Å². The highest BCUT2D eigenvalue weighted by atomic mass is 35.5. The third kappa shape index (κ3) is 3.95. The van der Waals surface area contributed by atoms with Crippen LogP contribution in [0.15, 0.2) is 24.3 Å². The van der Waals surface area contributed by atoms with E-state index >= 15 is 0 Å². The molecule has 0 heterocycles. The highest BCUT2D eigenvalue weighted by Gasteiger charge is 2.26. The first-order valence-electron chi connectivity index (χ1n) is 7.23. The number of halogens is 1. The molecule has 0 aliphatic heterocycles. The van der Waals surface area contributed by atoms with Gasteiger partial charge < -0.3 is 5.73 Å². The summed E-state index contributed by atoms with van der Waals surface area (Å²) in [5, 5.41) is 0.835. The van der Waals surface area contributed by atoms with Crippen molar-refractivity contribution in [2.45, 2.75) is 45.7 Å². The van der Waals surface area contributed by atoms with Crippen molar-refractivity contribution in [3.63, 3.8) is 0 Å². The molecule has 108 valence electrons. The second kappa shape index (κ2) is 7.88. The van der Waals surface area contributed by atoms with Gasteiger partial charge in [-0.2, -0.15) is 0 Å². The maximum atomic E-state index is 6.30. The zero-order chi connectivity index (χ0) is 14.4. The van der Waals surface area contributed by atoms with Crippen molar-refractivity contribution >= 4 is 11.6 Å². The Morgan fingerprint density at radius 3 is 2.26 bits per heavy atom. The van der Waals surface area contributed by atoms with E-state index in [1.165, 1.54) is 5.56 Å². The minimum absolute atomic E-state index is 0.280. The monoisotopic (exact) mass is 282 g/mol. The molecule has 1 aromatic carbocycles. The fourth-order valence-electron chi connectivity index (χ4n) is 2.84. The molecule has 0 saturated heterocycles. The Hall–Kier alpha value is -0.570. The Morgan fingerprint density at radius 2 is 1.79 bits per heavy atom. The van der Waals surface area contributed by atoms with Gasteiger partial charge in [-0.15, -0.1) is 0 Å². The normalized spacial score (nSPS) is 14.9. The third-order valence-electron chi connectivity index (χ3n) is 4.32. The number of hydrogen-bond acceptors (Lipinski definition) is 2. The van der Waals surface area contributed by atoms with Crippen LogP contribution < -0.4 is 5.73 Å². The quantitative estimate of drug-likeness (QED) is 0.816. The van der Waals surface area contributed by atoms with Crippen LogP contribution in [0.3, 0.4) is 0 Å². The summed E-state index contributed by atoms with van der Waals surface area (Å²) in [6.07, 6.45) is 2.33. The van der Waals surface area contributed by atoms with Crippen LogP contribution >= 0.6 is 11.6 Å². The molecule has 0 aromatic heterocycles. The summed E-state index contributed by atoms with van der Waals surface area (Å²) in [7, 11) is 2.16. The molecule has 0 radical (unpaired) electrons. The van der Waals surface area contributed by atoms with Crippen LogP contribution in [0.2, 0.25) is 5.02 Å². The molecule has 3 heteroatoms. The summed E-state index contributed by atoms with van der Waals surface area (Å²) in [6.45, 7) is 7.37. The first-order chi connectivity index (χ1) is 9.06. The van der Waals surface area contributed by atoms with Gasteiger partial charge >= 0.3 is 0 Å². The number of nitrogens with zero attached hydrogens (tertiary/aromatic N) is 1. The van der Waals surface area contributed by atoms with Gasteiger partial charge in [0.15, 0.2) is 0 Å². The van der Waals surface area contributed by atoms with E-state index < -0.39 is 0 Å². The van der Waals surface area contributed by atoms with E-state index in [1.807, 2.05) is 18.2 Å². The molecule has 0 amide bonds. The lowest BCUT2D eigenvalue weighted by atomic mass is 9.91. The van der Waals surface area contributed by atoms with Gasteiger partial charge in [-0.3, -0.25) is 4.90 Å². The molecule has 2 nitrogen and oxygen atoms in total. The topological polar surface area (TPSA) is 29.3 Å². The molecular weight excluding hydrogens is 256 g/mol. The largest absolute Gasteiger partial charge is 0.329 e. The lowest BCUT2D eigenvalue weighted by Gasteiger charge is -2.37. The number of likely N-dealkylation sites (N-methyl/N-ethyl adjacent to an activating group) is 1. The van der Waals surface area contributed by atoms with E-state index in [1.54, 1.807) is 0 Å². The highest BCUT2D eigenvalue weighted by molar-refractivity contribution is 6.31. The van der Waals surface area contributed by atoms with Crippen molar-refractivity contribution in [1.29, 1.82) is 0 Å². The van der Waals surface area contributed by atoms with Crippen molar-refractivity contribution in [3.8, 4) is 0 Å². The summed E-state index contributed by atoms with van der Waals surface area (Å²) in [4.78, 5) is 2.37. The maximum absolute atomic E-state index is 6.30. The van der Waals surface area contributed by atoms with Crippen molar-refractivity contribution < 1.29 is 0 Å². The lowest BCUT2D eigenvalue weighted by Crippen LogP contribution is -2.44. The van der Waals surface area contributed by atoms with E-state index in [0.29, 0.717) is 18.5 Å². The molecular formula is C16H27ClN2. The Bertz CT molecular complexity index is 377. The third-order valence-corrected chi connectivity index (χ3v) is 4.67. The van der Waals surface area contributed by atoms with Crippen LogP contribution in [-0.4, -0.2) is 24.5 Å².